The fourth-order valence-electron chi connectivity index (χ4n) is 2.44. The molecule has 2 N–H and O–H groups in total. The van der Waals surface area contributed by atoms with Crippen molar-refractivity contribution in [2.24, 2.45) is 0 Å². The van der Waals surface area contributed by atoms with Crippen molar-refractivity contribution in [3.8, 4) is 0 Å². The Morgan fingerprint density at radius 2 is 1.76 bits per heavy atom. The van der Waals surface area contributed by atoms with Gasteiger partial charge in [0, 0.05) is 13.1 Å². The van der Waals surface area contributed by atoms with Crippen molar-refractivity contribution in [3.63, 3.8) is 0 Å². The largest absolute Gasteiger partial charge is 0.379 e. The third-order valence-electron chi connectivity index (χ3n) is 3.25. The van der Waals surface area contributed by atoms with Gasteiger partial charge < -0.3 is 4.74 Å². The molecule has 0 spiro atoms. The number of nitrogens with one attached hydrogen (secondary N) is 2. The number of rotatable bonds is 3. The third-order valence-corrected chi connectivity index (χ3v) is 4.63. The molecule has 1 saturated heterocycles. The van der Waals surface area contributed by atoms with Crippen LogP contribution in [0.25, 0.3) is 0 Å². The van der Waals surface area contributed by atoms with Crippen molar-refractivity contribution in [1.29, 1.82) is 0 Å². The van der Waals surface area contributed by atoms with E-state index in [1.807, 2.05) is 32.9 Å². The van der Waals surface area contributed by atoms with Crippen LogP contribution in [0.4, 0.5) is 4.79 Å². The summed E-state index contributed by atoms with van der Waals surface area (Å²) in [5, 5.41) is 1.75. The van der Waals surface area contributed by atoms with Crippen LogP contribution in [-0.2, 0) is 15.7 Å². The predicted molar refractivity (Wildman–Crippen MR) is 81.1 cm³/mol. The molecule has 0 bridgehead atoms. The second-order valence-corrected chi connectivity index (χ2v) is 6.29. The molecule has 1 aliphatic heterocycles. The van der Waals surface area contributed by atoms with Crippen molar-refractivity contribution in [1.82, 2.24) is 15.2 Å². The molecular weight excluding hydrogens is 290 g/mol. The van der Waals surface area contributed by atoms with Gasteiger partial charge in [-0.2, -0.15) is 0 Å². The van der Waals surface area contributed by atoms with E-state index in [9.17, 15) is 9.00 Å². The molecule has 2 rings (SSSR count). The van der Waals surface area contributed by atoms with E-state index in [0.717, 1.165) is 16.7 Å². The van der Waals surface area contributed by atoms with Crippen molar-refractivity contribution >= 4 is 17.0 Å². The number of carbonyl (C=O) groups is 1. The first-order valence-corrected chi connectivity index (χ1v) is 8.02. The average molecular weight is 311 g/mol. The summed E-state index contributed by atoms with van der Waals surface area (Å²) in [6.07, 6.45) is 0. The number of hydrogen-bond acceptors (Lipinski definition) is 4. The highest BCUT2D eigenvalue weighted by Gasteiger charge is 2.17. The molecular formula is C14H21N3O3S. The Labute approximate surface area is 127 Å². The zero-order valence-electron chi connectivity index (χ0n) is 12.6. The molecule has 1 atom stereocenters. The predicted octanol–water partition coefficient (Wildman–Crippen LogP) is 1.18. The Balaban J connectivity index is 1.99. The number of hydrogen-bond donors (Lipinski definition) is 2. The second-order valence-electron chi connectivity index (χ2n) is 5.14. The van der Waals surface area contributed by atoms with E-state index in [2.05, 4.69) is 10.1 Å². The minimum Gasteiger partial charge on any atom is -0.379 e. The minimum atomic E-state index is -1.57. The molecule has 116 valence electrons. The number of hydrazine groups is 1. The van der Waals surface area contributed by atoms with Gasteiger partial charge in [-0.25, -0.2) is 14.0 Å². The minimum absolute atomic E-state index is 0.463. The van der Waals surface area contributed by atoms with Gasteiger partial charge in [-0.05, 0) is 31.9 Å². The Morgan fingerprint density at radius 3 is 2.33 bits per heavy atom. The highest BCUT2D eigenvalue weighted by molar-refractivity contribution is 7.83. The topological polar surface area (TPSA) is 70.7 Å². The van der Waals surface area contributed by atoms with Crippen LogP contribution < -0.4 is 10.1 Å². The molecule has 1 heterocycles. The fraction of sp³-hybridized carbons (Fsp3) is 0.500. The quantitative estimate of drug-likeness (QED) is 0.879. The molecule has 7 heteroatoms. The van der Waals surface area contributed by atoms with Gasteiger partial charge in [0.05, 0.1) is 18.1 Å². The first-order valence-electron chi connectivity index (χ1n) is 6.87. The summed E-state index contributed by atoms with van der Waals surface area (Å²) in [4.78, 5) is 12.6. The number of urea groups is 1. The molecule has 0 aromatic heterocycles. The number of morpholine rings is 1. The van der Waals surface area contributed by atoms with Crippen molar-refractivity contribution in [2.45, 2.75) is 25.7 Å². The van der Waals surface area contributed by atoms with Gasteiger partial charge in [0.15, 0.2) is 11.0 Å². The molecule has 1 fully saturated rings. The van der Waals surface area contributed by atoms with Crippen LogP contribution in [0.3, 0.4) is 0 Å². The lowest BCUT2D eigenvalue weighted by atomic mass is 10.1. The van der Waals surface area contributed by atoms with Gasteiger partial charge in [-0.15, -0.1) is 0 Å². The monoisotopic (exact) mass is 311 g/mol. The summed E-state index contributed by atoms with van der Waals surface area (Å²) in [5.41, 5.74) is 5.62. The van der Waals surface area contributed by atoms with Gasteiger partial charge in [-0.3, -0.25) is 10.1 Å². The molecule has 1 aliphatic rings. The molecule has 0 aliphatic carbocycles. The molecule has 2 amide bonds. The van der Waals surface area contributed by atoms with E-state index in [1.165, 1.54) is 0 Å². The van der Waals surface area contributed by atoms with Gasteiger partial charge in [0.25, 0.3) is 0 Å². The van der Waals surface area contributed by atoms with Crippen molar-refractivity contribution < 1.29 is 13.7 Å². The Hall–Kier alpha value is -1.44. The van der Waals surface area contributed by atoms with E-state index in [0.29, 0.717) is 31.2 Å². The Bertz CT molecular complexity index is 533. The van der Waals surface area contributed by atoms with Crippen LogP contribution in [-0.4, -0.2) is 41.6 Å². The van der Waals surface area contributed by atoms with E-state index >= 15 is 0 Å². The third kappa shape index (κ3) is 4.26. The highest BCUT2D eigenvalue weighted by atomic mass is 32.2. The van der Waals surface area contributed by atoms with E-state index < -0.39 is 17.0 Å². The molecule has 1 unspecified atom stereocenters. The van der Waals surface area contributed by atoms with E-state index in [-0.39, 0.29) is 0 Å². The Kier molecular flexibility index (Phi) is 5.33. The van der Waals surface area contributed by atoms with Gasteiger partial charge in [0.1, 0.15) is 0 Å². The molecule has 21 heavy (non-hydrogen) atoms. The molecule has 1 aromatic carbocycles. The highest BCUT2D eigenvalue weighted by Crippen LogP contribution is 2.19. The molecule has 1 aromatic rings. The number of amides is 2. The summed E-state index contributed by atoms with van der Waals surface area (Å²) in [6.45, 7) is 8.21. The number of carbonyl (C=O) groups excluding carboxylic acids is 1. The van der Waals surface area contributed by atoms with Gasteiger partial charge >= 0.3 is 6.03 Å². The number of ether oxygens (including phenoxy) is 1. The van der Waals surface area contributed by atoms with Crippen LogP contribution in [0.1, 0.15) is 16.7 Å². The average Bonchev–Trinajstić information content (AvgIpc) is 2.38. The van der Waals surface area contributed by atoms with Crippen LogP contribution in [0.2, 0.25) is 0 Å². The van der Waals surface area contributed by atoms with Gasteiger partial charge in [-0.1, -0.05) is 17.7 Å². The maximum Gasteiger partial charge on any atom is 0.341 e. The maximum absolute atomic E-state index is 12.3. The standard InChI is InChI=1S/C14H21N3O3S/c1-10-8-11(2)13(12(3)9-10)21(19)16-14(18)15-17-4-6-20-7-5-17/h8-9H,4-7H2,1-3H3,(H2,15,16,18). The molecule has 6 nitrogen and oxygen atoms in total. The summed E-state index contributed by atoms with van der Waals surface area (Å²) < 4.78 is 20.0. The van der Waals surface area contributed by atoms with Crippen molar-refractivity contribution in [3.05, 3.63) is 28.8 Å². The fourth-order valence-corrected chi connectivity index (χ4v) is 3.45. The SMILES string of the molecule is Cc1cc(C)c(S(=O)NC(=O)NN2CCOCC2)c(C)c1. The van der Waals surface area contributed by atoms with Crippen LogP contribution in [0, 0.1) is 20.8 Å². The number of nitrogens with zero attached hydrogens (tertiary/aromatic N) is 1. The van der Waals surface area contributed by atoms with Crippen LogP contribution >= 0.6 is 0 Å². The second kappa shape index (κ2) is 7.02. The molecule has 0 saturated carbocycles. The zero-order chi connectivity index (χ0) is 15.4. The smallest absolute Gasteiger partial charge is 0.341 e. The summed E-state index contributed by atoms with van der Waals surface area (Å²) in [6, 6.07) is 3.46. The lowest BCUT2D eigenvalue weighted by Gasteiger charge is -2.26. The van der Waals surface area contributed by atoms with Crippen LogP contribution in [0.5, 0.6) is 0 Å². The first kappa shape index (κ1) is 15.9. The summed E-state index contributed by atoms with van der Waals surface area (Å²) >= 11 is 0. The summed E-state index contributed by atoms with van der Waals surface area (Å²) in [5.74, 6) is 0. The van der Waals surface area contributed by atoms with Crippen LogP contribution in [0.15, 0.2) is 17.0 Å². The Morgan fingerprint density at radius 1 is 1.19 bits per heavy atom. The summed E-state index contributed by atoms with van der Waals surface area (Å²) in [7, 11) is -1.57. The lowest BCUT2D eigenvalue weighted by Crippen LogP contribution is -2.51. The maximum atomic E-state index is 12.3. The zero-order valence-corrected chi connectivity index (χ0v) is 13.4. The van der Waals surface area contributed by atoms with Gasteiger partial charge in [0.2, 0.25) is 0 Å². The number of benzene rings is 1. The number of aryl methyl sites for hydroxylation is 3. The lowest BCUT2D eigenvalue weighted by molar-refractivity contribution is 0.0200. The normalized spacial score (nSPS) is 17.3. The van der Waals surface area contributed by atoms with E-state index in [4.69, 9.17) is 4.74 Å². The molecule has 0 radical (unpaired) electrons. The first-order chi connectivity index (χ1) is 9.97. The van der Waals surface area contributed by atoms with E-state index in [1.54, 1.807) is 5.01 Å². The van der Waals surface area contributed by atoms with Crippen molar-refractivity contribution in [2.75, 3.05) is 26.3 Å².